The number of benzene rings is 2. The Kier molecular flexibility index (Phi) is 6.71. The highest BCUT2D eigenvalue weighted by atomic mass is 35.5. The Hall–Kier alpha value is -2.20. The number of halogens is 1. The summed E-state index contributed by atoms with van der Waals surface area (Å²) in [5, 5.41) is 3.13. The van der Waals surface area contributed by atoms with Gasteiger partial charge < -0.3 is 15.8 Å². The van der Waals surface area contributed by atoms with Gasteiger partial charge in [0.1, 0.15) is 5.75 Å². The van der Waals surface area contributed by atoms with Gasteiger partial charge in [0.15, 0.2) is 0 Å². The molecule has 0 heterocycles. The lowest BCUT2D eigenvalue weighted by molar-refractivity contribution is -0.122. The number of ether oxygens (including phenoxy) is 1. The maximum Gasteiger partial charge on any atom is 0.223 e. The van der Waals surface area contributed by atoms with Crippen molar-refractivity contribution in [2.24, 2.45) is 0 Å². The zero-order valence-corrected chi connectivity index (χ0v) is 15.3. The van der Waals surface area contributed by atoms with Gasteiger partial charge in [-0.15, -0.1) is 12.4 Å². The molecule has 1 aliphatic rings. The number of nitrogen functional groups attached to an aromatic ring is 1. The smallest absolute Gasteiger partial charge is 0.223 e. The third-order valence-corrected chi connectivity index (χ3v) is 4.40. The van der Waals surface area contributed by atoms with Crippen LogP contribution in [0, 0.1) is 6.92 Å². The minimum atomic E-state index is 0. The van der Waals surface area contributed by atoms with Crippen molar-refractivity contribution in [1.29, 1.82) is 0 Å². The molecule has 134 valence electrons. The molecule has 3 N–H and O–H groups in total. The number of carbonyl (C=O) groups excluding carboxylic acids is 1. The van der Waals surface area contributed by atoms with Crippen LogP contribution in [0.4, 0.5) is 5.69 Å². The Balaban J connectivity index is 0.00000225. The summed E-state index contributed by atoms with van der Waals surface area (Å²) in [6, 6.07) is 13.9. The summed E-state index contributed by atoms with van der Waals surface area (Å²) in [6.45, 7) is 2.41. The van der Waals surface area contributed by atoms with E-state index in [0.29, 0.717) is 13.0 Å². The molecule has 3 rings (SSSR count). The Bertz CT molecular complexity index is 733. The van der Waals surface area contributed by atoms with Crippen molar-refractivity contribution < 1.29 is 9.53 Å². The van der Waals surface area contributed by atoms with Gasteiger partial charge in [0.05, 0.1) is 19.1 Å². The predicted molar refractivity (Wildman–Crippen MR) is 103 cm³/mol. The Morgan fingerprint density at radius 1 is 1.28 bits per heavy atom. The van der Waals surface area contributed by atoms with Crippen molar-refractivity contribution in [2.45, 2.75) is 38.6 Å². The molecule has 0 aromatic heterocycles. The summed E-state index contributed by atoms with van der Waals surface area (Å²) in [6.07, 6.45) is 3.43. The SMILES string of the molecule is Cc1cccc(OCCC(=O)NC2CCCc3cc(N)ccc32)c1.Cl. The number of hydrogen-bond acceptors (Lipinski definition) is 3. The van der Waals surface area contributed by atoms with Gasteiger partial charge in [-0.25, -0.2) is 0 Å². The van der Waals surface area contributed by atoms with Crippen molar-refractivity contribution in [1.82, 2.24) is 5.32 Å². The molecule has 1 unspecified atom stereocenters. The minimum absolute atomic E-state index is 0. The van der Waals surface area contributed by atoms with E-state index < -0.39 is 0 Å². The van der Waals surface area contributed by atoms with E-state index in [2.05, 4.69) is 5.32 Å². The van der Waals surface area contributed by atoms with E-state index in [1.165, 1.54) is 11.1 Å². The summed E-state index contributed by atoms with van der Waals surface area (Å²) in [5.41, 5.74) is 10.2. The average molecular weight is 361 g/mol. The number of nitrogens with two attached hydrogens (primary N) is 1. The van der Waals surface area contributed by atoms with Crippen LogP contribution in [-0.2, 0) is 11.2 Å². The van der Waals surface area contributed by atoms with Crippen LogP contribution in [0.5, 0.6) is 5.75 Å². The van der Waals surface area contributed by atoms with E-state index >= 15 is 0 Å². The molecule has 2 aromatic carbocycles. The van der Waals surface area contributed by atoms with Crippen LogP contribution < -0.4 is 15.8 Å². The van der Waals surface area contributed by atoms with Crippen molar-refractivity contribution in [3.8, 4) is 5.75 Å². The maximum atomic E-state index is 12.2. The van der Waals surface area contributed by atoms with Crippen molar-refractivity contribution in [3.05, 3.63) is 59.2 Å². The van der Waals surface area contributed by atoms with Gasteiger partial charge in [0.2, 0.25) is 5.91 Å². The fraction of sp³-hybridized carbons (Fsp3) is 0.350. The lowest BCUT2D eigenvalue weighted by atomic mass is 9.87. The van der Waals surface area contributed by atoms with E-state index in [0.717, 1.165) is 36.3 Å². The van der Waals surface area contributed by atoms with Gasteiger partial charge >= 0.3 is 0 Å². The maximum absolute atomic E-state index is 12.2. The lowest BCUT2D eigenvalue weighted by Crippen LogP contribution is -2.31. The quantitative estimate of drug-likeness (QED) is 0.793. The number of fused-ring (bicyclic) bond motifs is 1. The first-order chi connectivity index (χ1) is 11.6. The fourth-order valence-electron chi connectivity index (χ4n) is 3.22. The molecule has 0 fully saturated rings. The molecule has 0 radical (unpaired) electrons. The van der Waals surface area contributed by atoms with Crippen LogP contribution in [0.2, 0.25) is 0 Å². The van der Waals surface area contributed by atoms with E-state index in [4.69, 9.17) is 10.5 Å². The molecule has 2 aromatic rings. The molecule has 1 aliphatic carbocycles. The van der Waals surface area contributed by atoms with Crippen LogP contribution in [-0.4, -0.2) is 12.5 Å². The first-order valence-corrected chi connectivity index (χ1v) is 8.49. The highest BCUT2D eigenvalue weighted by Gasteiger charge is 2.21. The third kappa shape index (κ3) is 5.13. The zero-order chi connectivity index (χ0) is 16.9. The number of nitrogens with one attached hydrogen (secondary N) is 1. The van der Waals surface area contributed by atoms with Crippen LogP contribution >= 0.6 is 12.4 Å². The number of hydrogen-bond donors (Lipinski definition) is 2. The molecule has 0 saturated carbocycles. The second kappa shape index (κ2) is 8.77. The summed E-state index contributed by atoms with van der Waals surface area (Å²) in [7, 11) is 0. The van der Waals surface area contributed by atoms with E-state index in [9.17, 15) is 4.79 Å². The highest BCUT2D eigenvalue weighted by molar-refractivity contribution is 5.85. The van der Waals surface area contributed by atoms with Crippen molar-refractivity contribution >= 4 is 24.0 Å². The number of anilines is 1. The van der Waals surface area contributed by atoms with Crippen LogP contribution in [0.1, 0.15) is 42.0 Å². The minimum Gasteiger partial charge on any atom is -0.493 e. The van der Waals surface area contributed by atoms with Crippen LogP contribution in [0.15, 0.2) is 42.5 Å². The molecule has 5 heteroatoms. The Morgan fingerprint density at radius 3 is 2.92 bits per heavy atom. The molecule has 0 aliphatic heterocycles. The normalized spacial score (nSPS) is 15.6. The summed E-state index contributed by atoms with van der Waals surface area (Å²) < 4.78 is 5.65. The van der Waals surface area contributed by atoms with E-state index in [1.807, 2.05) is 49.4 Å². The van der Waals surface area contributed by atoms with Gasteiger partial charge in [-0.05, 0) is 67.1 Å². The lowest BCUT2D eigenvalue weighted by Gasteiger charge is -2.26. The van der Waals surface area contributed by atoms with Gasteiger partial charge in [-0.2, -0.15) is 0 Å². The topological polar surface area (TPSA) is 64.3 Å². The van der Waals surface area contributed by atoms with Crippen LogP contribution in [0.25, 0.3) is 0 Å². The summed E-state index contributed by atoms with van der Waals surface area (Å²) in [5.74, 6) is 0.832. The molecular weight excluding hydrogens is 336 g/mol. The number of aryl methyl sites for hydroxylation is 2. The van der Waals surface area contributed by atoms with Crippen LogP contribution in [0.3, 0.4) is 0 Å². The predicted octanol–water partition coefficient (Wildman–Crippen LogP) is 3.96. The molecule has 0 bridgehead atoms. The highest BCUT2D eigenvalue weighted by Crippen LogP contribution is 2.31. The number of amides is 1. The number of rotatable bonds is 5. The molecule has 1 amide bonds. The summed E-state index contributed by atoms with van der Waals surface area (Å²) in [4.78, 5) is 12.2. The fourth-order valence-corrected chi connectivity index (χ4v) is 3.22. The summed E-state index contributed by atoms with van der Waals surface area (Å²) >= 11 is 0. The van der Waals surface area contributed by atoms with E-state index in [1.54, 1.807) is 0 Å². The second-order valence-electron chi connectivity index (χ2n) is 6.39. The number of carbonyl (C=O) groups is 1. The zero-order valence-electron chi connectivity index (χ0n) is 14.5. The first-order valence-electron chi connectivity index (χ1n) is 8.49. The monoisotopic (exact) mass is 360 g/mol. The second-order valence-corrected chi connectivity index (χ2v) is 6.39. The molecule has 25 heavy (non-hydrogen) atoms. The standard InChI is InChI=1S/C20H24N2O2.ClH/c1-14-4-2-6-17(12-14)24-11-10-20(23)22-19-7-3-5-15-13-16(21)8-9-18(15)19;/h2,4,6,8-9,12-13,19H,3,5,7,10-11,21H2,1H3,(H,22,23);1H. The molecule has 4 nitrogen and oxygen atoms in total. The van der Waals surface area contributed by atoms with Gasteiger partial charge in [-0.3, -0.25) is 4.79 Å². The Labute approximate surface area is 155 Å². The van der Waals surface area contributed by atoms with Crippen molar-refractivity contribution in [2.75, 3.05) is 12.3 Å². The van der Waals surface area contributed by atoms with Gasteiger partial charge in [-0.1, -0.05) is 18.2 Å². The molecular formula is C20H25ClN2O2. The third-order valence-electron chi connectivity index (χ3n) is 4.40. The molecule has 0 saturated heterocycles. The Morgan fingerprint density at radius 2 is 2.12 bits per heavy atom. The largest absolute Gasteiger partial charge is 0.493 e. The molecule has 1 atom stereocenters. The first kappa shape index (κ1) is 19.1. The van der Waals surface area contributed by atoms with Gasteiger partial charge in [0, 0.05) is 5.69 Å². The molecule has 0 spiro atoms. The average Bonchev–Trinajstić information content (AvgIpc) is 2.55. The van der Waals surface area contributed by atoms with E-state index in [-0.39, 0.29) is 24.4 Å². The van der Waals surface area contributed by atoms with Gasteiger partial charge in [0.25, 0.3) is 0 Å². The van der Waals surface area contributed by atoms with Crippen molar-refractivity contribution in [3.63, 3.8) is 0 Å².